The minimum Gasteiger partial charge on any atom is -0.477 e. The molecule has 0 atom stereocenters. The van der Waals surface area contributed by atoms with Gasteiger partial charge in [0.1, 0.15) is 5.82 Å². The van der Waals surface area contributed by atoms with E-state index in [0.29, 0.717) is 12.2 Å². The van der Waals surface area contributed by atoms with Crippen LogP contribution in [0.2, 0.25) is 0 Å². The highest BCUT2D eigenvalue weighted by Crippen LogP contribution is 2.09. The van der Waals surface area contributed by atoms with Gasteiger partial charge in [-0.2, -0.15) is 0 Å². The lowest BCUT2D eigenvalue weighted by molar-refractivity contribution is 0.0689. The Morgan fingerprint density at radius 3 is 2.63 bits per heavy atom. The van der Waals surface area contributed by atoms with Crippen LogP contribution in [0.1, 0.15) is 33.1 Å². The first-order chi connectivity index (χ1) is 9.04. The van der Waals surface area contributed by atoms with Crippen LogP contribution in [0.3, 0.4) is 0 Å². The quantitative estimate of drug-likeness (QED) is 0.913. The van der Waals surface area contributed by atoms with Crippen molar-refractivity contribution < 1.29 is 9.90 Å². The maximum Gasteiger partial charge on any atom is 0.354 e. The van der Waals surface area contributed by atoms with Gasteiger partial charge in [0, 0.05) is 5.69 Å². The summed E-state index contributed by atoms with van der Waals surface area (Å²) in [5.41, 5.74) is 3.29. The molecule has 0 spiro atoms. The van der Waals surface area contributed by atoms with E-state index in [1.165, 1.54) is 11.1 Å². The van der Waals surface area contributed by atoms with Crippen LogP contribution in [-0.2, 0) is 12.8 Å². The van der Waals surface area contributed by atoms with Crippen molar-refractivity contribution in [3.8, 4) is 0 Å². The summed E-state index contributed by atoms with van der Waals surface area (Å²) < 4.78 is 0. The normalized spacial score (nSPS) is 10.4. The zero-order valence-electron chi connectivity index (χ0n) is 11.1. The van der Waals surface area contributed by atoms with E-state index >= 15 is 0 Å². The lowest BCUT2D eigenvalue weighted by atomic mass is 10.1. The molecule has 1 aromatic heterocycles. The average molecular weight is 256 g/mol. The van der Waals surface area contributed by atoms with Gasteiger partial charge in [-0.3, -0.25) is 0 Å². The Morgan fingerprint density at radius 1 is 1.16 bits per heavy atom. The molecule has 2 rings (SSSR count). The van der Waals surface area contributed by atoms with E-state index in [-0.39, 0.29) is 5.69 Å². The number of aryl methyl sites for hydroxylation is 4. The first-order valence-electron chi connectivity index (χ1n) is 6.18. The number of hydrogen-bond acceptors (Lipinski definition) is 3. The number of aromatic nitrogens is 2. The first kappa shape index (κ1) is 13.2. The number of carboxylic acids is 1. The molecule has 1 heterocycles. The third-order valence-electron chi connectivity index (χ3n) is 2.86. The fourth-order valence-corrected chi connectivity index (χ4v) is 2.01. The Bertz CT molecular complexity index is 609. The van der Waals surface area contributed by atoms with Crippen LogP contribution in [0, 0.1) is 13.8 Å². The van der Waals surface area contributed by atoms with E-state index in [1.54, 1.807) is 13.0 Å². The van der Waals surface area contributed by atoms with Crippen molar-refractivity contribution in [3.63, 3.8) is 0 Å². The Kier molecular flexibility index (Phi) is 3.90. The molecule has 0 amide bonds. The predicted molar refractivity (Wildman–Crippen MR) is 72.3 cm³/mol. The van der Waals surface area contributed by atoms with Gasteiger partial charge in [0.15, 0.2) is 5.69 Å². The maximum absolute atomic E-state index is 10.9. The van der Waals surface area contributed by atoms with Crippen molar-refractivity contribution in [2.45, 2.75) is 26.7 Å². The van der Waals surface area contributed by atoms with Gasteiger partial charge in [0.05, 0.1) is 0 Å². The highest BCUT2D eigenvalue weighted by atomic mass is 16.4. The van der Waals surface area contributed by atoms with Crippen LogP contribution >= 0.6 is 0 Å². The Morgan fingerprint density at radius 2 is 1.95 bits per heavy atom. The van der Waals surface area contributed by atoms with Crippen molar-refractivity contribution in [1.29, 1.82) is 0 Å². The summed E-state index contributed by atoms with van der Waals surface area (Å²) in [6.45, 7) is 3.77. The number of aromatic carboxylic acids is 1. The van der Waals surface area contributed by atoms with E-state index in [1.807, 2.05) is 6.07 Å². The largest absolute Gasteiger partial charge is 0.477 e. The Labute approximate surface area is 112 Å². The van der Waals surface area contributed by atoms with Gasteiger partial charge in [-0.05, 0) is 38.3 Å². The first-order valence-corrected chi connectivity index (χ1v) is 6.18. The molecule has 1 aromatic carbocycles. The standard InChI is InChI=1S/C15H16N2O2/c1-10-4-3-5-12(8-10)6-7-13-9-14(15(18)19)17-11(2)16-13/h3-5,8-9H,6-7H2,1-2H3,(H,18,19). The highest BCUT2D eigenvalue weighted by molar-refractivity contribution is 5.85. The molecule has 0 radical (unpaired) electrons. The number of carboxylic acid groups (broad SMARTS) is 1. The monoisotopic (exact) mass is 256 g/mol. The minimum atomic E-state index is -1.01. The SMILES string of the molecule is Cc1cccc(CCc2cc(C(=O)O)nc(C)n2)c1. The number of carbonyl (C=O) groups is 1. The third kappa shape index (κ3) is 3.61. The van der Waals surface area contributed by atoms with Crippen molar-refractivity contribution in [2.75, 3.05) is 0 Å². The lowest BCUT2D eigenvalue weighted by Crippen LogP contribution is -2.06. The molecule has 4 heteroatoms. The molecule has 19 heavy (non-hydrogen) atoms. The summed E-state index contributed by atoms with van der Waals surface area (Å²) in [5.74, 6) is -0.513. The molecule has 0 aliphatic carbocycles. The molecule has 1 N–H and O–H groups in total. The molecule has 0 aliphatic heterocycles. The zero-order valence-corrected chi connectivity index (χ0v) is 11.1. The Balaban J connectivity index is 2.13. The van der Waals surface area contributed by atoms with Crippen LogP contribution in [0.25, 0.3) is 0 Å². The molecular weight excluding hydrogens is 240 g/mol. The van der Waals surface area contributed by atoms with Crippen LogP contribution in [-0.4, -0.2) is 21.0 Å². The van der Waals surface area contributed by atoms with Gasteiger partial charge in [0.25, 0.3) is 0 Å². The second-order valence-corrected chi connectivity index (χ2v) is 4.59. The molecule has 0 bridgehead atoms. The maximum atomic E-state index is 10.9. The van der Waals surface area contributed by atoms with Gasteiger partial charge in [-0.1, -0.05) is 29.8 Å². The summed E-state index contributed by atoms with van der Waals surface area (Å²) in [6, 6.07) is 9.83. The third-order valence-corrected chi connectivity index (χ3v) is 2.86. The van der Waals surface area contributed by atoms with Gasteiger partial charge < -0.3 is 5.11 Å². The molecule has 0 saturated carbocycles. The molecular formula is C15H16N2O2. The smallest absolute Gasteiger partial charge is 0.354 e. The highest BCUT2D eigenvalue weighted by Gasteiger charge is 2.08. The summed E-state index contributed by atoms with van der Waals surface area (Å²) >= 11 is 0. The number of nitrogens with zero attached hydrogens (tertiary/aromatic N) is 2. The lowest BCUT2D eigenvalue weighted by Gasteiger charge is -2.05. The summed E-state index contributed by atoms with van der Waals surface area (Å²) in [7, 11) is 0. The van der Waals surface area contributed by atoms with E-state index in [0.717, 1.165) is 12.1 Å². The fourth-order valence-electron chi connectivity index (χ4n) is 2.01. The van der Waals surface area contributed by atoms with Crippen molar-refractivity contribution >= 4 is 5.97 Å². The van der Waals surface area contributed by atoms with Gasteiger partial charge in [0.2, 0.25) is 0 Å². The second kappa shape index (κ2) is 5.61. The van der Waals surface area contributed by atoms with Crippen molar-refractivity contribution in [2.24, 2.45) is 0 Å². The molecule has 0 saturated heterocycles. The van der Waals surface area contributed by atoms with Gasteiger partial charge in [-0.25, -0.2) is 14.8 Å². The van der Waals surface area contributed by atoms with Crippen molar-refractivity contribution in [1.82, 2.24) is 9.97 Å². The molecule has 4 nitrogen and oxygen atoms in total. The predicted octanol–water partition coefficient (Wildman–Crippen LogP) is 2.58. The molecule has 0 aliphatic rings. The van der Waals surface area contributed by atoms with E-state index < -0.39 is 5.97 Å². The fraction of sp³-hybridized carbons (Fsp3) is 0.267. The van der Waals surface area contributed by atoms with Crippen LogP contribution in [0.4, 0.5) is 0 Å². The number of hydrogen-bond donors (Lipinski definition) is 1. The minimum absolute atomic E-state index is 0.0618. The summed E-state index contributed by atoms with van der Waals surface area (Å²) in [4.78, 5) is 19.1. The van der Waals surface area contributed by atoms with E-state index in [9.17, 15) is 4.79 Å². The molecule has 0 fully saturated rings. The molecule has 98 valence electrons. The topological polar surface area (TPSA) is 63.1 Å². The molecule has 0 unspecified atom stereocenters. The summed E-state index contributed by atoms with van der Waals surface area (Å²) in [6.07, 6.45) is 1.56. The van der Waals surface area contributed by atoms with E-state index in [4.69, 9.17) is 5.11 Å². The number of rotatable bonds is 4. The van der Waals surface area contributed by atoms with Gasteiger partial charge in [-0.15, -0.1) is 0 Å². The van der Waals surface area contributed by atoms with E-state index in [2.05, 4.69) is 35.1 Å². The van der Waals surface area contributed by atoms with Crippen LogP contribution in [0.5, 0.6) is 0 Å². The molecule has 2 aromatic rings. The Hall–Kier alpha value is -2.23. The average Bonchev–Trinajstić information content (AvgIpc) is 2.36. The number of benzene rings is 1. The summed E-state index contributed by atoms with van der Waals surface area (Å²) in [5, 5.41) is 8.97. The van der Waals surface area contributed by atoms with Crippen LogP contribution in [0.15, 0.2) is 30.3 Å². The van der Waals surface area contributed by atoms with Crippen LogP contribution < -0.4 is 0 Å². The second-order valence-electron chi connectivity index (χ2n) is 4.59. The van der Waals surface area contributed by atoms with Crippen molar-refractivity contribution in [3.05, 3.63) is 58.7 Å². The zero-order chi connectivity index (χ0) is 13.8. The van der Waals surface area contributed by atoms with Gasteiger partial charge >= 0.3 is 5.97 Å².